The molecule has 2 rings (SSSR count). The van der Waals surface area contributed by atoms with Gasteiger partial charge in [-0.05, 0) is 79.2 Å². The minimum absolute atomic E-state index is 0.311. The Kier molecular flexibility index (Phi) is 16.7. The summed E-state index contributed by atoms with van der Waals surface area (Å²) >= 11 is 0. The Morgan fingerprint density at radius 3 is 0.769 bits per heavy atom. The largest absolute Gasteiger partial charge is 0.236 e. The maximum atomic E-state index is 5.71. The molecule has 286 valence electrons. The molecular formula is C48H76N2Si2. The van der Waals surface area contributed by atoms with Gasteiger partial charge in [-0.25, -0.2) is 9.98 Å². The van der Waals surface area contributed by atoms with Crippen LogP contribution in [0, 0.1) is 22.9 Å². The molecule has 0 radical (unpaired) electrons. The van der Waals surface area contributed by atoms with Gasteiger partial charge in [0.1, 0.15) is 27.6 Å². The first-order valence-electron chi connectivity index (χ1n) is 20.6. The Morgan fingerprint density at radius 2 is 0.596 bits per heavy atom. The molecule has 0 spiro atoms. The first kappa shape index (κ1) is 45.5. The lowest BCUT2D eigenvalue weighted by Gasteiger charge is -2.38. The third-order valence-corrected chi connectivity index (χ3v) is 24.5. The second-order valence-electron chi connectivity index (χ2n) is 18.4. The normalized spacial score (nSPS) is 13.5. The molecule has 0 saturated heterocycles. The Balaban J connectivity index is 3.47. The minimum atomic E-state index is -2.12. The van der Waals surface area contributed by atoms with Crippen LogP contribution in [0.5, 0.6) is 0 Å². The average molecular weight is 737 g/mol. The Labute approximate surface area is 324 Å². The van der Waals surface area contributed by atoms with Crippen molar-refractivity contribution in [3.05, 3.63) is 58.7 Å². The Bertz CT molecular complexity index is 1450. The smallest absolute Gasteiger partial charge is 0.147 e. The van der Waals surface area contributed by atoms with Gasteiger partial charge in [-0.2, -0.15) is 0 Å². The highest BCUT2D eigenvalue weighted by Crippen LogP contribution is 2.43. The third kappa shape index (κ3) is 9.90. The third-order valence-electron chi connectivity index (χ3n) is 11.9. The molecule has 2 aromatic carbocycles. The highest BCUT2D eigenvalue weighted by atomic mass is 28.3. The SMILES string of the molecule is CC(C)c1cccc(C(C)C)c1N=C(C#C[Si](C(C)C)(C(C)C)C(C)C)C(C#C[Si](C(C)C)(C(C)C)C(C)C)=Nc1c(C(C)C)cccc1C(C)C. The van der Waals surface area contributed by atoms with Crippen molar-refractivity contribution < 1.29 is 0 Å². The predicted octanol–water partition coefficient (Wildman–Crippen LogP) is 15.5. The van der Waals surface area contributed by atoms with Gasteiger partial charge in [0, 0.05) is 0 Å². The summed E-state index contributed by atoms with van der Waals surface area (Å²) in [6.07, 6.45) is 0. The van der Waals surface area contributed by atoms with Crippen LogP contribution in [-0.2, 0) is 0 Å². The quantitative estimate of drug-likeness (QED) is 0.111. The van der Waals surface area contributed by atoms with Crippen molar-refractivity contribution in [1.82, 2.24) is 0 Å². The van der Waals surface area contributed by atoms with Gasteiger partial charge in [-0.1, -0.05) is 187 Å². The number of benzene rings is 2. The molecule has 52 heavy (non-hydrogen) atoms. The van der Waals surface area contributed by atoms with E-state index in [2.05, 4.69) is 198 Å². The summed E-state index contributed by atoms with van der Waals surface area (Å²) in [6, 6.07) is 13.4. The van der Waals surface area contributed by atoms with Crippen LogP contribution in [0.15, 0.2) is 46.4 Å². The van der Waals surface area contributed by atoms with Gasteiger partial charge in [0.25, 0.3) is 0 Å². The van der Waals surface area contributed by atoms with Crippen molar-refractivity contribution >= 4 is 38.9 Å². The number of aliphatic imine (C=N–C) groups is 2. The molecule has 0 fully saturated rings. The molecule has 0 bridgehead atoms. The summed E-state index contributed by atoms with van der Waals surface area (Å²) < 4.78 is 0. The number of nitrogens with zero attached hydrogens (tertiary/aromatic N) is 2. The lowest BCUT2D eigenvalue weighted by molar-refractivity contribution is 0.834. The average Bonchev–Trinajstić information content (AvgIpc) is 3.02. The van der Waals surface area contributed by atoms with Crippen molar-refractivity contribution in [2.24, 2.45) is 9.98 Å². The van der Waals surface area contributed by atoms with Crippen molar-refractivity contribution in [2.45, 2.75) is 195 Å². The molecule has 0 aliphatic rings. The molecule has 4 heteroatoms. The summed E-state index contributed by atoms with van der Waals surface area (Å²) in [5.41, 5.74) is 19.7. The van der Waals surface area contributed by atoms with Gasteiger partial charge in [0.2, 0.25) is 0 Å². The fourth-order valence-corrected chi connectivity index (χ4v) is 19.4. The molecule has 0 saturated carbocycles. The topological polar surface area (TPSA) is 24.7 Å². The minimum Gasteiger partial charge on any atom is -0.236 e. The lowest BCUT2D eigenvalue weighted by atomic mass is 9.92. The van der Waals surface area contributed by atoms with Gasteiger partial charge in [0.15, 0.2) is 0 Å². The molecule has 2 aromatic rings. The summed E-state index contributed by atoms with van der Waals surface area (Å²) in [4.78, 5) is 11.4. The van der Waals surface area contributed by atoms with Crippen molar-refractivity contribution in [2.75, 3.05) is 0 Å². The highest BCUT2D eigenvalue weighted by Gasteiger charge is 2.43. The molecule has 0 aliphatic heterocycles. The summed E-state index contributed by atoms with van der Waals surface area (Å²) in [5.74, 6) is 8.99. The maximum Gasteiger partial charge on any atom is 0.147 e. The molecular weight excluding hydrogens is 661 g/mol. The van der Waals surface area contributed by atoms with E-state index in [0.717, 1.165) is 22.8 Å². The standard InChI is InChI=1S/C48H76N2Si2/c1-31(2)41-23-21-24-42(32(3)4)47(41)49-45(27-29-51(35(9)10,36(11)12)37(13)14)46(28-30-52(38(15)16,39(17)18)40(19)20)50-48-43(33(5)6)25-22-26-44(48)34(7)8/h21-26,31-40H,1-20H3. The molecule has 0 aliphatic carbocycles. The van der Waals surface area contributed by atoms with E-state index in [0.29, 0.717) is 56.9 Å². The van der Waals surface area contributed by atoms with Crippen LogP contribution < -0.4 is 0 Å². The van der Waals surface area contributed by atoms with E-state index in [4.69, 9.17) is 9.98 Å². The zero-order chi connectivity index (χ0) is 39.9. The summed E-state index contributed by atoms with van der Waals surface area (Å²) in [6.45, 7) is 46.8. The summed E-state index contributed by atoms with van der Waals surface area (Å²) in [7, 11) is -4.25. The van der Waals surface area contributed by atoms with E-state index in [-0.39, 0.29) is 0 Å². The zero-order valence-corrected chi connectivity index (χ0v) is 39.1. The second kappa shape index (κ2) is 19.1. The molecule has 0 aromatic heterocycles. The molecule has 2 nitrogen and oxygen atoms in total. The number of hydrogen-bond acceptors (Lipinski definition) is 2. The van der Waals surface area contributed by atoms with Crippen LogP contribution in [0.4, 0.5) is 11.4 Å². The first-order valence-corrected chi connectivity index (χ1v) is 25.0. The van der Waals surface area contributed by atoms with Gasteiger partial charge in [-0.15, -0.1) is 11.1 Å². The van der Waals surface area contributed by atoms with E-state index < -0.39 is 16.1 Å². The van der Waals surface area contributed by atoms with E-state index in [9.17, 15) is 0 Å². The Hall–Kier alpha value is -2.67. The van der Waals surface area contributed by atoms with E-state index in [1.807, 2.05) is 0 Å². The number of hydrogen-bond donors (Lipinski definition) is 0. The fourth-order valence-electron chi connectivity index (χ4n) is 8.99. The molecule has 0 heterocycles. The molecule has 0 amide bonds. The van der Waals surface area contributed by atoms with Crippen molar-refractivity contribution in [3.8, 4) is 22.9 Å². The molecule has 0 unspecified atom stereocenters. The van der Waals surface area contributed by atoms with Crippen LogP contribution in [0.2, 0.25) is 33.2 Å². The number of para-hydroxylation sites is 2. The van der Waals surface area contributed by atoms with Crippen LogP contribution >= 0.6 is 0 Å². The molecule has 0 atom stereocenters. The first-order chi connectivity index (χ1) is 24.1. The van der Waals surface area contributed by atoms with Crippen molar-refractivity contribution in [3.63, 3.8) is 0 Å². The van der Waals surface area contributed by atoms with Crippen LogP contribution in [0.25, 0.3) is 0 Å². The Morgan fingerprint density at radius 1 is 0.385 bits per heavy atom. The van der Waals surface area contributed by atoms with Gasteiger partial charge in [0.05, 0.1) is 11.4 Å². The van der Waals surface area contributed by atoms with Gasteiger partial charge < -0.3 is 0 Å². The molecule has 0 N–H and O–H groups in total. The van der Waals surface area contributed by atoms with Crippen molar-refractivity contribution in [1.29, 1.82) is 0 Å². The monoisotopic (exact) mass is 737 g/mol. The van der Waals surface area contributed by atoms with Crippen LogP contribution in [0.1, 0.15) is 184 Å². The van der Waals surface area contributed by atoms with Crippen LogP contribution in [0.3, 0.4) is 0 Å². The van der Waals surface area contributed by atoms with E-state index in [1.54, 1.807) is 0 Å². The van der Waals surface area contributed by atoms with Crippen LogP contribution in [-0.4, -0.2) is 27.6 Å². The zero-order valence-electron chi connectivity index (χ0n) is 37.1. The maximum absolute atomic E-state index is 5.71. The second-order valence-corrected chi connectivity index (χ2v) is 29.6. The summed E-state index contributed by atoms with van der Waals surface area (Å²) in [5, 5.41) is 0. The highest BCUT2D eigenvalue weighted by molar-refractivity contribution is 6.91. The fraction of sp³-hybridized carbons (Fsp3) is 0.625. The van der Waals surface area contributed by atoms with Gasteiger partial charge in [-0.3, -0.25) is 0 Å². The lowest BCUT2D eigenvalue weighted by Crippen LogP contribution is -2.43. The van der Waals surface area contributed by atoms with E-state index in [1.165, 1.54) is 22.3 Å². The predicted molar refractivity (Wildman–Crippen MR) is 241 cm³/mol. The van der Waals surface area contributed by atoms with E-state index >= 15 is 0 Å². The van der Waals surface area contributed by atoms with Gasteiger partial charge >= 0.3 is 0 Å². The number of rotatable bonds is 13.